The molecule has 7 heteroatoms. The smallest absolute Gasteiger partial charge is 0.332 e. The van der Waals surface area contributed by atoms with Crippen LogP contribution in [0.3, 0.4) is 0 Å². The first-order chi connectivity index (χ1) is 13.0. The number of benzene rings is 1. The Labute approximate surface area is 155 Å². The first-order valence-electron chi connectivity index (χ1n) is 8.34. The van der Waals surface area contributed by atoms with Gasteiger partial charge in [0.15, 0.2) is 0 Å². The fourth-order valence-corrected chi connectivity index (χ4v) is 3.03. The molecule has 1 aromatic heterocycles. The second-order valence-corrected chi connectivity index (χ2v) is 6.03. The topological polar surface area (TPSA) is 112 Å². The summed E-state index contributed by atoms with van der Waals surface area (Å²) in [7, 11) is 1.53. The van der Waals surface area contributed by atoms with E-state index in [1.54, 1.807) is 30.5 Å². The van der Waals surface area contributed by atoms with E-state index in [0.29, 0.717) is 30.8 Å². The van der Waals surface area contributed by atoms with Gasteiger partial charge in [-0.1, -0.05) is 6.07 Å². The number of pyridine rings is 1. The number of nitriles is 1. The summed E-state index contributed by atoms with van der Waals surface area (Å²) in [5.74, 6) is -1.05. The molecule has 0 radical (unpaired) electrons. The average Bonchev–Trinajstić information content (AvgIpc) is 3.19. The molecule has 136 valence electrons. The maximum atomic E-state index is 12.5. The predicted octanol–water partition coefficient (Wildman–Crippen LogP) is 3.13. The lowest BCUT2D eigenvalue weighted by molar-refractivity contribution is -0.133. The van der Waals surface area contributed by atoms with Crippen LogP contribution in [0.4, 0.5) is 5.69 Å². The third-order valence-corrected chi connectivity index (χ3v) is 4.42. The van der Waals surface area contributed by atoms with Crippen LogP contribution in [-0.2, 0) is 9.59 Å². The minimum absolute atomic E-state index is 0.145. The van der Waals surface area contributed by atoms with Gasteiger partial charge in [-0.2, -0.15) is 5.26 Å². The molecule has 1 amide bonds. The zero-order valence-electron chi connectivity index (χ0n) is 14.7. The number of carboxylic acid groups (broad SMARTS) is 1. The van der Waals surface area contributed by atoms with Gasteiger partial charge in [-0.05, 0) is 43.0 Å². The molecule has 0 bridgehead atoms. The van der Waals surface area contributed by atoms with E-state index in [1.165, 1.54) is 7.11 Å². The fraction of sp³-hybridized carbons (Fsp3) is 0.200. The number of carboxylic acids is 1. The van der Waals surface area contributed by atoms with Crippen molar-refractivity contribution in [2.24, 2.45) is 0 Å². The van der Waals surface area contributed by atoms with E-state index in [4.69, 9.17) is 4.74 Å². The highest BCUT2D eigenvalue weighted by Gasteiger charge is 2.25. The van der Waals surface area contributed by atoms with Crippen LogP contribution in [0.1, 0.15) is 24.8 Å². The first-order valence-corrected chi connectivity index (χ1v) is 8.34. The normalized spacial score (nSPS) is 13.2. The lowest BCUT2D eigenvalue weighted by atomic mass is 10.0. The second-order valence-electron chi connectivity index (χ2n) is 6.03. The summed E-state index contributed by atoms with van der Waals surface area (Å²) < 4.78 is 5.03. The molecular formula is C20H17N3O4. The van der Waals surface area contributed by atoms with Gasteiger partial charge in [-0.3, -0.25) is 4.79 Å². The number of nitrogens with one attached hydrogen (secondary N) is 1. The van der Waals surface area contributed by atoms with Crippen molar-refractivity contribution in [1.82, 2.24) is 4.98 Å². The Morgan fingerprint density at radius 1 is 1.19 bits per heavy atom. The molecular weight excluding hydrogens is 346 g/mol. The van der Waals surface area contributed by atoms with E-state index in [2.05, 4.69) is 16.4 Å². The minimum Gasteiger partial charge on any atom is -0.481 e. The molecule has 0 saturated carbocycles. The zero-order chi connectivity index (χ0) is 19.4. The van der Waals surface area contributed by atoms with Gasteiger partial charge in [0.2, 0.25) is 5.88 Å². The maximum absolute atomic E-state index is 12.5. The number of anilines is 1. The SMILES string of the molecule is COc1ccc(-c2ccc(NC(=O)C3=C(C(=O)O)CCC3)c(C#N)c2)cn1. The fourth-order valence-electron chi connectivity index (χ4n) is 3.03. The predicted molar refractivity (Wildman–Crippen MR) is 98.1 cm³/mol. The maximum Gasteiger partial charge on any atom is 0.332 e. The monoisotopic (exact) mass is 363 g/mol. The summed E-state index contributed by atoms with van der Waals surface area (Å²) in [5, 5.41) is 21.3. The number of ether oxygens (including phenoxy) is 1. The average molecular weight is 363 g/mol. The Morgan fingerprint density at radius 3 is 2.56 bits per heavy atom. The van der Waals surface area contributed by atoms with E-state index >= 15 is 0 Å². The standard InChI is InChI=1S/C20H17N3O4/c1-27-18-8-6-13(11-22-18)12-5-7-17(14(9-12)10-21)23-19(24)15-3-2-4-16(15)20(25)26/h5-9,11H,2-4H2,1H3,(H,23,24)(H,25,26). The molecule has 0 fully saturated rings. The van der Waals surface area contributed by atoms with Gasteiger partial charge in [0.25, 0.3) is 5.91 Å². The first kappa shape index (κ1) is 18.1. The number of nitrogens with zero attached hydrogens (tertiary/aromatic N) is 2. The molecule has 0 spiro atoms. The molecule has 7 nitrogen and oxygen atoms in total. The number of amides is 1. The molecule has 2 N–H and O–H groups in total. The van der Waals surface area contributed by atoms with Crippen molar-refractivity contribution >= 4 is 17.6 Å². The van der Waals surface area contributed by atoms with E-state index in [1.807, 2.05) is 6.07 Å². The van der Waals surface area contributed by atoms with Crippen molar-refractivity contribution in [3.63, 3.8) is 0 Å². The molecule has 2 aromatic rings. The largest absolute Gasteiger partial charge is 0.481 e. The van der Waals surface area contributed by atoms with E-state index < -0.39 is 11.9 Å². The van der Waals surface area contributed by atoms with Crippen LogP contribution in [0.2, 0.25) is 0 Å². The summed E-state index contributed by atoms with van der Waals surface area (Å²) in [5.41, 5.74) is 2.62. The molecule has 27 heavy (non-hydrogen) atoms. The third-order valence-electron chi connectivity index (χ3n) is 4.42. The van der Waals surface area contributed by atoms with Crippen LogP contribution in [0.5, 0.6) is 5.88 Å². The van der Waals surface area contributed by atoms with Gasteiger partial charge in [0.1, 0.15) is 6.07 Å². The van der Waals surface area contributed by atoms with E-state index in [0.717, 1.165) is 11.1 Å². The van der Waals surface area contributed by atoms with Gasteiger partial charge < -0.3 is 15.2 Å². The van der Waals surface area contributed by atoms with E-state index in [-0.39, 0.29) is 16.7 Å². The van der Waals surface area contributed by atoms with Crippen molar-refractivity contribution in [2.75, 3.05) is 12.4 Å². The van der Waals surface area contributed by atoms with Crippen LogP contribution in [-0.4, -0.2) is 29.1 Å². The number of aromatic nitrogens is 1. The van der Waals surface area contributed by atoms with Crippen LogP contribution in [0.15, 0.2) is 47.7 Å². The Hall–Kier alpha value is -3.66. The van der Waals surface area contributed by atoms with Gasteiger partial charge in [-0.25, -0.2) is 9.78 Å². The van der Waals surface area contributed by atoms with E-state index in [9.17, 15) is 20.0 Å². The summed E-state index contributed by atoms with van der Waals surface area (Å²) in [6.45, 7) is 0. The van der Waals surface area contributed by atoms with Crippen LogP contribution < -0.4 is 10.1 Å². The van der Waals surface area contributed by atoms with Gasteiger partial charge in [0.05, 0.1) is 18.4 Å². The molecule has 1 aliphatic rings. The highest BCUT2D eigenvalue weighted by molar-refractivity contribution is 6.09. The zero-order valence-corrected chi connectivity index (χ0v) is 14.7. The highest BCUT2D eigenvalue weighted by atomic mass is 16.5. The minimum atomic E-state index is -1.07. The molecule has 0 saturated heterocycles. The number of methoxy groups -OCH3 is 1. The summed E-state index contributed by atoms with van der Waals surface area (Å²) >= 11 is 0. The van der Waals surface area contributed by atoms with Gasteiger partial charge >= 0.3 is 5.97 Å². The molecule has 1 aromatic carbocycles. The number of hydrogen-bond donors (Lipinski definition) is 2. The number of carbonyl (C=O) groups is 2. The number of aliphatic carboxylic acids is 1. The van der Waals surface area contributed by atoms with Gasteiger partial charge in [-0.15, -0.1) is 0 Å². The molecule has 1 aliphatic carbocycles. The highest BCUT2D eigenvalue weighted by Crippen LogP contribution is 2.29. The van der Waals surface area contributed by atoms with Crippen molar-refractivity contribution in [3.8, 4) is 23.1 Å². The van der Waals surface area contributed by atoms with Crippen LogP contribution >= 0.6 is 0 Å². The quantitative estimate of drug-likeness (QED) is 0.844. The van der Waals surface area contributed by atoms with Crippen molar-refractivity contribution in [2.45, 2.75) is 19.3 Å². The molecule has 3 rings (SSSR count). The van der Waals surface area contributed by atoms with Crippen LogP contribution in [0, 0.1) is 11.3 Å². The summed E-state index contributed by atoms with van der Waals surface area (Å²) in [6.07, 6.45) is 3.08. The Morgan fingerprint density at radius 2 is 1.93 bits per heavy atom. The Balaban J connectivity index is 1.86. The summed E-state index contributed by atoms with van der Waals surface area (Å²) in [6, 6.07) is 10.7. The van der Waals surface area contributed by atoms with Crippen molar-refractivity contribution in [3.05, 3.63) is 53.2 Å². The lowest BCUT2D eigenvalue weighted by Crippen LogP contribution is -2.17. The Kier molecular flexibility index (Phi) is 5.18. The van der Waals surface area contributed by atoms with Crippen molar-refractivity contribution in [1.29, 1.82) is 5.26 Å². The summed E-state index contributed by atoms with van der Waals surface area (Å²) in [4.78, 5) is 27.8. The van der Waals surface area contributed by atoms with Crippen molar-refractivity contribution < 1.29 is 19.4 Å². The van der Waals surface area contributed by atoms with Gasteiger partial charge in [0, 0.05) is 29.0 Å². The number of rotatable bonds is 5. The molecule has 0 aliphatic heterocycles. The number of hydrogen-bond acceptors (Lipinski definition) is 5. The molecule has 0 unspecified atom stereocenters. The molecule has 0 atom stereocenters. The second kappa shape index (κ2) is 7.70. The Bertz CT molecular complexity index is 972. The lowest BCUT2D eigenvalue weighted by Gasteiger charge is -2.10. The van der Waals surface area contributed by atoms with Crippen LogP contribution in [0.25, 0.3) is 11.1 Å². The third kappa shape index (κ3) is 3.80. The number of carbonyl (C=O) groups excluding carboxylic acids is 1. The molecule has 1 heterocycles.